The van der Waals surface area contributed by atoms with Gasteiger partial charge in [0.2, 0.25) is 0 Å². The SMILES string of the molecule is CNc1ncnc(Nc2ccc(F)c(C(F)(F)F)c2)c1C. The Balaban J connectivity index is 2.37. The van der Waals surface area contributed by atoms with Crippen LogP contribution in [0.1, 0.15) is 11.1 Å². The van der Waals surface area contributed by atoms with Crippen molar-refractivity contribution in [3.8, 4) is 0 Å². The number of nitrogens with one attached hydrogen (secondary N) is 2. The van der Waals surface area contributed by atoms with Crippen LogP contribution in [0.15, 0.2) is 24.5 Å². The fraction of sp³-hybridized carbons (Fsp3) is 0.231. The summed E-state index contributed by atoms with van der Waals surface area (Å²) < 4.78 is 51.2. The van der Waals surface area contributed by atoms with Gasteiger partial charge in [-0.3, -0.25) is 0 Å². The Morgan fingerprint density at radius 1 is 1.10 bits per heavy atom. The Morgan fingerprint density at radius 3 is 2.38 bits per heavy atom. The third-order valence-corrected chi connectivity index (χ3v) is 2.86. The van der Waals surface area contributed by atoms with E-state index in [-0.39, 0.29) is 5.69 Å². The van der Waals surface area contributed by atoms with Crippen LogP contribution in [-0.4, -0.2) is 17.0 Å². The minimum atomic E-state index is -4.75. The normalized spacial score (nSPS) is 11.3. The fourth-order valence-corrected chi connectivity index (χ4v) is 1.79. The van der Waals surface area contributed by atoms with Gasteiger partial charge >= 0.3 is 6.18 Å². The van der Waals surface area contributed by atoms with Gasteiger partial charge in [0, 0.05) is 18.3 Å². The first kappa shape index (κ1) is 15.0. The molecular weight excluding hydrogens is 288 g/mol. The van der Waals surface area contributed by atoms with Crippen LogP contribution >= 0.6 is 0 Å². The fourth-order valence-electron chi connectivity index (χ4n) is 1.79. The van der Waals surface area contributed by atoms with Gasteiger partial charge in [0.15, 0.2) is 0 Å². The lowest BCUT2D eigenvalue weighted by Crippen LogP contribution is -2.09. The second kappa shape index (κ2) is 5.55. The maximum absolute atomic E-state index is 13.2. The number of benzene rings is 1. The largest absolute Gasteiger partial charge is 0.419 e. The maximum atomic E-state index is 13.2. The van der Waals surface area contributed by atoms with E-state index in [0.29, 0.717) is 23.3 Å². The van der Waals surface area contributed by atoms with Crippen molar-refractivity contribution in [2.45, 2.75) is 13.1 Å². The average molecular weight is 300 g/mol. The van der Waals surface area contributed by atoms with Crippen LogP contribution in [0, 0.1) is 12.7 Å². The predicted molar refractivity (Wildman–Crippen MR) is 71.0 cm³/mol. The number of hydrogen-bond acceptors (Lipinski definition) is 4. The van der Waals surface area contributed by atoms with Gasteiger partial charge in [-0.1, -0.05) is 0 Å². The molecule has 1 aromatic heterocycles. The van der Waals surface area contributed by atoms with Gasteiger partial charge in [-0.05, 0) is 25.1 Å². The highest BCUT2D eigenvalue weighted by atomic mass is 19.4. The summed E-state index contributed by atoms with van der Waals surface area (Å²) in [5.74, 6) is -0.428. The molecule has 21 heavy (non-hydrogen) atoms. The topological polar surface area (TPSA) is 49.8 Å². The van der Waals surface area contributed by atoms with Crippen LogP contribution in [0.4, 0.5) is 34.9 Å². The Hall–Kier alpha value is -2.38. The van der Waals surface area contributed by atoms with E-state index in [0.717, 1.165) is 6.07 Å². The Morgan fingerprint density at radius 2 is 1.76 bits per heavy atom. The zero-order chi connectivity index (χ0) is 15.6. The van der Waals surface area contributed by atoms with Gasteiger partial charge in [0.25, 0.3) is 0 Å². The Kier molecular flexibility index (Phi) is 3.97. The molecule has 8 heteroatoms. The highest BCUT2D eigenvalue weighted by Crippen LogP contribution is 2.33. The monoisotopic (exact) mass is 300 g/mol. The number of halogens is 4. The molecule has 1 heterocycles. The van der Waals surface area contributed by atoms with E-state index >= 15 is 0 Å². The van der Waals surface area contributed by atoms with Crippen LogP contribution in [-0.2, 0) is 6.18 Å². The Labute approximate surface area is 118 Å². The summed E-state index contributed by atoms with van der Waals surface area (Å²) >= 11 is 0. The van der Waals surface area contributed by atoms with Gasteiger partial charge in [0.05, 0.1) is 5.56 Å². The van der Waals surface area contributed by atoms with Gasteiger partial charge in [-0.25, -0.2) is 14.4 Å². The molecule has 112 valence electrons. The van der Waals surface area contributed by atoms with E-state index in [2.05, 4.69) is 20.6 Å². The van der Waals surface area contributed by atoms with E-state index in [1.54, 1.807) is 14.0 Å². The first-order chi connectivity index (χ1) is 9.82. The van der Waals surface area contributed by atoms with E-state index in [9.17, 15) is 17.6 Å². The first-order valence-electron chi connectivity index (χ1n) is 5.96. The van der Waals surface area contributed by atoms with Crippen molar-refractivity contribution in [2.75, 3.05) is 17.7 Å². The molecule has 1 aromatic carbocycles. The molecule has 0 spiro atoms. The molecule has 2 rings (SSSR count). The number of aromatic nitrogens is 2. The zero-order valence-electron chi connectivity index (χ0n) is 11.2. The molecular formula is C13H12F4N4. The summed E-state index contributed by atoms with van der Waals surface area (Å²) in [6.45, 7) is 1.71. The lowest BCUT2D eigenvalue weighted by molar-refractivity contribution is -0.139. The predicted octanol–water partition coefficient (Wildman–Crippen LogP) is 3.73. The van der Waals surface area contributed by atoms with E-state index < -0.39 is 17.6 Å². The summed E-state index contributed by atoms with van der Waals surface area (Å²) in [5, 5.41) is 5.56. The number of nitrogens with zero attached hydrogens (tertiary/aromatic N) is 2. The summed E-state index contributed by atoms with van der Waals surface area (Å²) in [5.41, 5.74) is -0.599. The summed E-state index contributed by atoms with van der Waals surface area (Å²) in [6.07, 6.45) is -3.48. The summed E-state index contributed by atoms with van der Waals surface area (Å²) in [6, 6.07) is 2.68. The minimum Gasteiger partial charge on any atom is -0.373 e. The molecule has 0 radical (unpaired) electrons. The third kappa shape index (κ3) is 3.21. The van der Waals surface area contributed by atoms with E-state index in [1.165, 1.54) is 12.4 Å². The second-order valence-corrected chi connectivity index (χ2v) is 4.26. The van der Waals surface area contributed by atoms with Crippen molar-refractivity contribution in [1.82, 2.24) is 9.97 Å². The van der Waals surface area contributed by atoms with Crippen LogP contribution in [0.5, 0.6) is 0 Å². The molecule has 0 bridgehead atoms. The van der Waals surface area contributed by atoms with Crippen molar-refractivity contribution in [1.29, 1.82) is 0 Å². The molecule has 0 unspecified atom stereocenters. The number of rotatable bonds is 3. The highest BCUT2D eigenvalue weighted by molar-refractivity contribution is 5.64. The van der Waals surface area contributed by atoms with E-state index in [1.807, 2.05) is 0 Å². The minimum absolute atomic E-state index is 0.0904. The van der Waals surface area contributed by atoms with Crippen molar-refractivity contribution in [2.24, 2.45) is 0 Å². The van der Waals surface area contributed by atoms with Crippen molar-refractivity contribution >= 4 is 17.3 Å². The number of anilines is 3. The molecule has 0 aliphatic rings. The van der Waals surface area contributed by atoms with Crippen LogP contribution < -0.4 is 10.6 Å². The van der Waals surface area contributed by atoms with Gasteiger partial charge < -0.3 is 10.6 Å². The molecule has 0 amide bonds. The molecule has 0 aliphatic carbocycles. The quantitative estimate of drug-likeness (QED) is 0.848. The van der Waals surface area contributed by atoms with Crippen LogP contribution in [0.25, 0.3) is 0 Å². The molecule has 0 aliphatic heterocycles. The second-order valence-electron chi connectivity index (χ2n) is 4.26. The lowest BCUT2D eigenvalue weighted by Gasteiger charge is -2.13. The molecule has 0 saturated heterocycles. The van der Waals surface area contributed by atoms with Gasteiger partial charge in [0.1, 0.15) is 23.8 Å². The van der Waals surface area contributed by atoms with E-state index in [4.69, 9.17) is 0 Å². The highest BCUT2D eigenvalue weighted by Gasteiger charge is 2.34. The maximum Gasteiger partial charge on any atom is 0.419 e. The number of alkyl halides is 3. The molecule has 4 nitrogen and oxygen atoms in total. The van der Waals surface area contributed by atoms with Crippen molar-refractivity contribution < 1.29 is 17.6 Å². The lowest BCUT2D eigenvalue weighted by atomic mass is 10.1. The van der Waals surface area contributed by atoms with Gasteiger partial charge in [-0.2, -0.15) is 13.2 Å². The smallest absolute Gasteiger partial charge is 0.373 e. The van der Waals surface area contributed by atoms with Crippen molar-refractivity contribution in [3.63, 3.8) is 0 Å². The zero-order valence-corrected chi connectivity index (χ0v) is 11.2. The molecule has 0 saturated carbocycles. The summed E-state index contributed by atoms with van der Waals surface area (Å²) in [4.78, 5) is 7.93. The molecule has 0 fully saturated rings. The summed E-state index contributed by atoms with van der Waals surface area (Å²) in [7, 11) is 1.67. The average Bonchev–Trinajstić information content (AvgIpc) is 2.42. The molecule has 2 N–H and O–H groups in total. The van der Waals surface area contributed by atoms with Gasteiger partial charge in [-0.15, -0.1) is 0 Å². The number of hydrogen-bond donors (Lipinski definition) is 2. The Bertz CT molecular complexity index is 655. The molecule has 0 atom stereocenters. The molecule has 2 aromatic rings. The first-order valence-corrected chi connectivity index (χ1v) is 5.96. The van der Waals surface area contributed by atoms with Crippen LogP contribution in [0.2, 0.25) is 0 Å². The standard InChI is InChI=1S/C13H12F4N4/c1-7-11(18-2)19-6-20-12(7)21-8-3-4-10(14)9(5-8)13(15,16)17/h3-6H,1-2H3,(H2,18,19,20,21). The van der Waals surface area contributed by atoms with Crippen LogP contribution in [0.3, 0.4) is 0 Å². The van der Waals surface area contributed by atoms with Crippen molar-refractivity contribution in [3.05, 3.63) is 41.5 Å². The third-order valence-electron chi connectivity index (χ3n) is 2.86.